The number of hydrogen-bond donors (Lipinski definition) is 1. The summed E-state index contributed by atoms with van der Waals surface area (Å²) in [7, 11) is -3.23. The van der Waals surface area contributed by atoms with E-state index in [1.807, 2.05) is 36.4 Å². The number of rotatable bonds is 6. The summed E-state index contributed by atoms with van der Waals surface area (Å²) in [6, 6.07) is 12.1. The third kappa shape index (κ3) is 3.97. The van der Waals surface area contributed by atoms with E-state index in [-0.39, 0.29) is 18.1 Å². The Morgan fingerprint density at radius 1 is 1.15 bits per heavy atom. The molecular formula is C19H21N3O3S2. The molecule has 2 aromatic carbocycles. The van der Waals surface area contributed by atoms with Crippen LogP contribution in [-0.2, 0) is 14.8 Å². The van der Waals surface area contributed by atoms with Gasteiger partial charge in [-0.1, -0.05) is 41.7 Å². The molecule has 2 heterocycles. The number of aromatic nitrogens is 1. The van der Waals surface area contributed by atoms with Crippen LogP contribution < -0.4 is 5.32 Å². The quantitative estimate of drug-likeness (QED) is 0.682. The SMILES string of the molecule is O=C(CCCS(=O)(=O)N1CCCC1)Nc1nc2c(ccc3ccccc32)s1. The Bertz CT molecular complexity index is 1090. The number of nitrogens with zero attached hydrogens (tertiary/aromatic N) is 2. The minimum absolute atomic E-state index is 0.0188. The van der Waals surface area contributed by atoms with Crippen LogP contribution in [0.4, 0.5) is 5.13 Å². The van der Waals surface area contributed by atoms with Crippen molar-refractivity contribution in [3.05, 3.63) is 36.4 Å². The molecule has 1 N–H and O–H groups in total. The molecule has 3 aromatic rings. The van der Waals surface area contributed by atoms with Crippen LogP contribution in [0.1, 0.15) is 25.7 Å². The van der Waals surface area contributed by atoms with Crippen molar-refractivity contribution in [2.45, 2.75) is 25.7 Å². The first-order valence-electron chi connectivity index (χ1n) is 9.09. The minimum atomic E-state index is -3.23. The van der Waals surface area contributed by atoms with E-state index in [0.29, 0.717) is 24.6 Å². The van der Waals surface area contributed by atoms with E-state index in [2.05, 4.69) is 10.3 Å². The lowest BCUT2D eigenvalue weighted by Gasteiger charge is -2.14. The second kappa shape index (κ2) is 7.53. The van der Waals surface area contributed by atoms with Crippen molar-refractivity contribution >= 4 is 53.4 Å². The molecule has 1 aliphatic rings. The molecular weight excluding hydrogens is 382 g/mol. The molecule has 0 saturated carbocycles. The zero-order valence-electron chi connectivity index (χ0n) is 14.8. The fourth-order valence-electron chi connectivity index (χ4n) is 3.41. The highest BCUT2D eigenvalue weighted by Gasteiger charge is 2.24. The Hall–Kier alpha value is -2.03. The van der Waals surface area contributed by atoms with Crippen molar-refractivity contribution in [2.75, 3.05) is 24.2 Å². The Balaban J connectivity index is 1.39. The van der Waals surface area contributed by atoms with Crippen LogP contribution in [0.2, 0.25) is 0 Å². The van der Waals surface area contributed by atoms with E-state index >= 15 is 0 Å². The molecule has 1 saturated heterocycles. The molecule has 1 aliphatic heterocycles. The van der Waals surface area contributed by atoms with Gasteiger partial charge >= 0.3 is 0 Å². The second-order valence-corrected chi connectivity index (χ2v) is 9.85. The molecule has 1 fully saturated rings. The Labute approximate surface area is 162 Å². The summed E-state index contributed by atoms with van der Waals surface area (Å²) in [6.07, 6.45) is 2.33. The van der Waals surface area contributed by atoms with Crippen molar-refractivity contribution in [1.82, 2.24) is 9.29 Å². The fourth-order valence-corrected chi connectivity index (χ4v) is 5.89. The summed E-state index contributed by atoms with van der Waals surface area (Å²) in [6.45, 7) is 1.21. The summed E-state index contributed by atoms with van der Waals surface area (Å²) < 4.78 is 26.9. The molecule has 0 spiro atoms. The number of hydrogen-bond acceptors (Lipinski definition) is 5. The average Bonchev–Trinajstić information content (AvgIpc) is 3.31. The lowest BCUT2D eigenvalue weighted by molar-refractivity contribution is -0.116. The molecule has 1 aromatic heterocycles. The van der Waals surface area contributed by atoms with E-state index in [4.69, 9.17) is 0 Å². The molecule has 0 unspecified atom stereocenters. The number of benzene rings is 2. The van der Waals surface area contributed by atoms with Gasteiger partial charge in [-0.15, -0.1) is 0 Å². The maximum absolute atomic E-state index is 12.2. The molecule has 142 valence electrons. The maximum Gasteiger partial charge on any atom is 0.226 e. The standard InChI is InChI=1S/C19H21N3O3S2/c23-17(8-5-13-27(24,25)22-11-3-4-12-22)20-19-21-18-15-7-2-1-6-14(15)9-10-16(18)26-19/h1-2,6-7,9-10H,3-5,8,11-13H2,(H,20,21,23). The molecule has 1 amide bonds. The van der Waals surface area contributed by atoms with Crippen molar-refractivity contribution in [3.63, 3.8) is 0 Å². The molecule has 8 heteroatoms. The van der Waals surface area contributed by atoms with E-state index in [1.54, 1.807) is 0 Å². The third-order valence-corrected chi connectivity index (χ3v) is 7.69. The summed E-state index contributed by atoms with van der Waals surface area (Å²) in [5.41, 5.74) is 0.880. The minimum Gasteiger partial charge on any atom is -0.302 e. The third-order valence-electron chi connectivity index (χ3n) is 4.79. The van der Waals surface area contributed by atoms with Crippen LogP contribution in [0.5, 0.6) is 0 Å². The van der Waals surface area contributed by atoms with Crippen molar-refractivity contribution < 1.29 is 13.2 Å². The van der Waals surface area contributed by atoms with E-state index < -0.39 is 10.0 Å². The normalized spacial score (nSPS) is 15.6. The zero-order chi connectivity index (χ0) is 18.9. The summed E-state index contributed by atoms with van der Waals surface area (Å²) in [5.74, 6) is -0.180. The van der Waals surface area contributed by atoms with Crippen molar-refractivity contribution in [1.29, 1.82) is 0 Å². The molecule has 6 nitrogen and oxygen atoms in total. The van der Waals surface area contributed by atoms with Gasteiger partial charge in [0.05, 0.1) is 16.0 Å². The molecule has 4 rings (SSSR count). The van der Waals surface area contributed by atoms with Gasteiger partial charge in [-0.25, -0.2) is 17.7 Å². The number of sulfonamides is 1. The number of nitrogens with one attached hydrogen (secondary N) is 1. The van der Waals surface area contributed by atoms with Gasteiger partial charge in [-0.3, -0.25) is 4.79 Å². The number of carbonyl (C=O) groups is 1. The van der Waals surface area contributed by atoms with Crippen LogP contribution in [0.25, 0.3) is 21.0 Å². The first-order valence-corrected chi connectivity index (χ1v) is 11.5. The Kier molecular flexibility index (Phi) is 5.12. The molecule has 0 radical (unpaired) electrons. The number of amides is 1. The highest BCUT2D eigenvalue weighted by molar-refractivity contribution is 7.89. The second-order valence-electron chi connectivity index (χ2n) is 6.73. The van der Waals surface area contributed by atoms with Crippen molar-refractivity contribution in [3.8, 4) is 0 Å². The highest BCUT2D eigenvalue weighted by atomic mass is 32.2. The average molecular weight is 404 g/mol. The van der Waals surface area contributed by atoms with Gasteiger partial charge in [0.25, 0.3) is 0 Å². The lowest BCUT2D eigenvalue weighted by atomic mass is 10.1. The van der Waals surface area contributed by atoms with Crippen LogP contribution in [0.15, 0.2) is 36.4 Å². The summed E-state index contributed by atoms with van der Waals surface area (Å²) in [5, 5.41) is 5.53. The largest absolute Gasteiger partial charge is 0.302 e. The van der Waals surface area contributed by atoms with Gasteiger partial charge in [0.2, 0.25) is 15.9 Å². The summed E-state index contributed by atoms with van der Waals surface area (Å²) >= 11 is 1.43. The van der Waals surface area contributed by atoms with Gasteiger partial charge in [-0.05, 0) is 30.7 Å². The van der Waals surface area contributed by atoms with Crippen LogP contribution in [0.3, 0.4) is 0 Å². The number of anilines is 1. The molecule has 0 atom stereocenters. The first-order chi connectivity index (χ1) is 13.0. The van der Waals surface area contributed by atoms with Crippen LogP contribution in [-0.4, -0.2) is 42.5 Å². The maximum atomic E-state index is 12.2. The predicted molar refractivity (Wildman–Crippen MR) is 110 cm³/mol. The highest BCUT2D eigenvalue weighted by Crippen LogP contribution is 2.31. The Morgan fingerprint density at radius 2 is 1.93 bits per heavy atom. The monoisotopic (exact) mass is 403 g/mol. The van der Waals surface area contributed by atoms with Gasteiger partial charge in [-0.2, -0.15) is 0 Å². The number of fused-ring (bicyclic) bond motifs is 3. The topological polar surface area (TPSA) is 79.4 Å². The zero-order valence-corrected chi connectivity index (χ0v) is 16.5. The van der Waals surface area contributed by atoms with Crippen LogP contribution >= 0.6 is 11.3 Å². The number of thiazole rings is 1. The van der Waals surface area contributed by atoms with E-state index in [1.165, 1.54) is 15.6 Å². The van der Waals surface area contributed by atoms with Gasteiger partial charge < -0.3 is 5.32 Å². The van der Waals surface area contributed by atoms with Gasteiger partial charge in [0.1, 0.15) is 0 Å². The molecule has 0 aliphatic carbocycles. The van der Waals surface area contributed by atoms with Crippen LogP contribution in [0, 0.1) is 0 Å². The fraction of sp³-hybridized carbons (Fsp3) is 0.368. The van der Waals surface area contributed by atoms with Gasteiger partial charge in [0.15, 0.2) is 5.13 Å². The molecule has 0 bridgehead atoms. The van der Waals surface area contributed by atoms with E-state index in [0.717, 1.165) is 33.8 Å². The first kappa shape index (κ1) is 18.3. The molecule has 27 heavy (non-hydrogen) atoms. The lowest BCUT2D eigenvalue weighted by Crippen LogP contribution is -2.30. The summed E-state index contributed by atoms with van der Waals surface area (Å²) in [4.78, 5) is 16.8. The van der Waals surface area contributed by atoms with Gasteiger partial charge in [0, 0.05) is 24.9 Å². The smallest absolute Gasteiger partial charge is 0.226 e. The van der Waals surface area contributed by atoms with Crippen molar-refractivity contribution in [2.24, 2.45) is 0 Å². The van der Waals surface area contributed by atoms with E-state index in [9.17, 15) is 13.2 Å². The predicted octanol–water partition coefficient (Wildman–Crippen LogP) is 3.59. The number of carbonyl (C=O) groups excluding carboxylic acids is 1. The Morgan fingerprint density at radius 3 is 2.74 bits per heavy atom.